The molecule has 3 fully saturated rings. The molecular formula is C52H53N5O6. The monoisotopic (exact) mass is 843 g/mol. The maximum atomic E-state index is 13.4. The minimum atomic E-state index is -0.602. The van der Waals surface area contributed by atoms with Gasteiger partial charge in [-0.25, -0.2) is 4.79 Å². The molecule has 1 spiro atoms. The van der Waals surface area contributed by atoms with E-state index in [9.17, 15) is 14.7 Å². The van der Waals surface area contributed by atoms with Crippen molar-refractivity contribution in [2.45, 2.75) is 57.0 Å². The van der Waals surface area contributed by atoms with Crippen LogP contribution in [0.25, 0.3) is 11.1 Å². The van der Waals surface area contributed by atoms with Gasteiger partial charge in [-0.3, -0.25) is 4.79 Å². The highest BCUT2D eigenvalue weighted by Gasteiger charge is 2.51. The van der Waals surface area contributed by atoms with Crippen LogP contribution in [0.2, 0.25) is 0 Å². The maximum Gasteiger partial charge on any atom is 0.319 e. The number of hydrogen-bond donors (Lipinski definition) is 4. The maximum absolute atomic E-state index is 13.4. The highest BCUT2D eigenvalue weighted by molar-refractivity contribution is 5.93. The molecule has 3 aliphatic rings. The van der Waals surface area contributed by atoms with E-state index in [1.54, 1.807) is 0 Å². The Hall–Kier alpha value is -6.50. The van der Waals surface area contributed by atoms with Crippen LogP contribution in [-0.4, -0.2) is 59.9 Å². The molecule has 11 nitrogen and oxygen atoms in total. The van der Waals surface area contributed by atoms with Crippen LogP contribution in [0.15, 0.2) is 158 Å². The third-order valence-electron chi connectivity index (χ3n) is 12.6. The first-order valence-electron chi connectivity index (χ1n) is 21.7. The molecule has 6 aromatic carbocycles. The van der Waals surface area contributed by atoms with Crippen molar-refractivity contribution < 1.29 is 28.9 Å². The van der Waals surface area contributed by atoms with Crippen molar-refractivity contribution in [1.82, 2.24) is 15.5 Å². The van der Waals surface area contributed by atoms with Crippen molar-refractivity contribution in [3.63, 3.8) is 0 Å². The number of carbonyl (C=O) groups is 2. The SMILES string of the molecule is CC1C(CN2CCC3(CC2)C(=O)NCN3c2ccccc2)OC(c2ccc(-c3cccc(CNC(=O)Nc4ccc(Oc5ccccc5)cc4)c3)cc2)OC1c1ccc(CO)cc1. The lowest BCUT2D eigenvalue weighted by Gasteiger charge is -2.46. The van der Waals surface area contributed by atoms with Gasteiger partial charge in [0.15, 0.2) is 6.29 Å². The number of likely N-dealkylation sites (tertiary alicyclic amines) is 1. The summed E-state index contributed by atoms with van der Waals surface area (Å²) in [5, 5.41) is 18.7. The number of piperidine rings is 1. The number of anilines is 2. The van der Waals surface area contributed by atoms with Crippen molar-refractivity contribution in [3.8, 4) is 22.6 Å². The second kappa shape index (κ2) is 18.9. The van der Waals surface area contributed by atoms with E-state index in [2.05, 4.69) is 81.2 Å². The predicted molar refractivity (Wildman–Crippen MR) is 244 cm³/mol. The summed E-state index contributed by atoms with van der Waals surface area (Å²) in [6, 6.07) is 51.1. The molecule has 0 aromatic heterocycles. The number of hydrogen-bond acceptors (Lipinski definition) is 8. The van der Waals surface area contributed by atoms with E-state index < -0.39 is 11.8 Å². The predicted octanol–water partition coefficient (Wildman–Crippen LogP) is 9.18. The number of aliphatic hydroxyl groups is 1. The molecule has 4 unspecified atom stereocenters. The van der Waals surface area contributed by atoms with Crippen molar-refractivity contribution in [3.05, 3.63) is 180 Å². The number of amides is 3. The number of benzene rings is 6. The summed E-state index contributed by atoms with van der Waals surface area (Å²) in [5.41, 5.74) is 7.00. The summed E-state index contributed by atoms with van der Waals surface area (Å²) in [6.07, 6.45) is 0.480. The zero-order chi connectivity index (χ0) is 43.2. The van der Waals surface area contributed by atoms with Crippen LogP contribution < -0.4 is 25.6 Å². The lowest BCUT2D eigenvalue weighted by Crippen LogP contribution is -2.57. The second-order valence-corrected chi connectivity index (χ2v) is 16.7. The fourth-order valence-electron chi connectivity index (χ4n) is 9.00. The van der Waals surface area contributed by atoms with E-state index in [1.807, 2.05) is 109 Å². The topological polar surface area (TPSA) is 125 Å². The summed E-state index contributed by atoms with van der Waals surface area (Å²) in [5.74, 6) is 1.57. The first kappa shape index (κ1) is 41.8. The molecule has 9 rings (SSSR count). The van der Waals surface area contributed by atoms with Crippen molar-refractivity contribution in [1.29, 1.82) is 0 Å². The smallest absolute Gasteiger partial charge is 0.319 e. The van der Waals surface area contributed by atoms with Crippen molar-refractivity contribution >= 4 is 23.3 Å². The first-order valence-corrected chi connectivity index (χ1v) is 21.7. The summed E-state index contributed by atoms with van der Waals surface area (Å²) in [6.45, 7) is 5.30. The van der Waals surface area contributed by atoms with E-state index >= 15 is 0 Å². The Labute approximate surface area is 368 Å². The Morgan fingerprint density at radius 1 is 0.762 bits per heavy atom. The average molecular weight is 844 g/mol. The largest absolute Gasteiger partial charge is 0.457 e. The normalized spacial score (nSPS) is 20.9. The number of nitrogens with zero attached hydrogens (tertiary/aromatic N) is 2. The zero-order valence-electron chi connectivity index (χ0n) is 35.4. The summed E-state index contributed by atoms with van der Waals surface area (Å²) < 4.78 is 19.5. The molecule has 3 amide bonds. The molecule has 0 aliphatic carbocycles. The summed E-state index contributed by atoms with van der Waals surface area (Å²) in [7, 11) is 0. The van der Waals surface area contributed by atoms with Crippen LogP contribution >= 0.6 is 0 Å². The van der Waals surface area contributed by atoms with E-state index in [-0.39, 0.29) is 36.7 Å². The lowest BCUT2D eigenvalue weighted by molar-refractivity contribution is -0.276. The first-order chi connectivity index (χ1) is 30.8. The van der Waals surface area contributed by atoms with Crippen LogP contribution in [0, 0.1) is 5.92 Å². The van der Waals surface area contributed by atoms with E-state index in [0.717, 1.165) is 70.7 Å². The van der Waals surface area contributed by atoms with Gasteiger partial charge >= 0.3 is 6.03 Å². The Kier molecular flexibility index (Phi) is 12.5. The molecule has 11 heteroatoms. The van der Waals surface area contributed by atoms with Gasteiger partial charge in [-0.2, -0.15) is 0 Å². The third-order valence-corrected chi connectivity index (χ3v) is 12.6. The Bertz CT molecular complexity index is 2460. The minimum Gasteiger partial charge on any atom is -0.457 e. The Morgan fingerprint density at radius 3 is 2.16 bits per heavy atom. The molecule has 4 atom stereocenters. The Balaban J connectivity index is 0.845. The molecule has 63 heavy (non-hydrogen) atoms. The van der Waals surface area contributed by atoms with Gasteiger partial charge < -0.3 is 45.1 Å². The van der Waals surface area contributed by atoms with Gasteiger partial charge in [-0.15, -0.1) is 0 Å². The molecule has 0 saturated carbocycles. The number of nitrogens with one attached hydrogen (secondary N) is 3. The Morgan fingerprint density at radius 2 is 1.44 bits per heavy atom. The standard InChI is InChI=1S/C52H53N5O6/c1-36-47(33-56-29-27-52(28-30-56)50(59)54-35-57(52)44-11-4-2-5-12-44)62-49(63-48(36)40-17-15-37(34-58)16-18-40)41-21-19-39(20-22-41)42-10-8-9-38(31-42)32-53-51(60)55-43-23-25-46(26-24-43)61-45-13-6-3-7-14-45/h2-26,31,36,47-49,58H,27-30,32-35H2,1H3,(H,54,59)(H2,53,55,60). The fourth-order valence-corrected chi connectivity index (χ4v) is 9.00. The molecule has 3 heterocycles. The van der Waals surface area contributed by atoms with Gasteiger partial charge in [-0.1, -0.05) is 110 Å². The highest BCUT2D eigenvalue weighted by atomic mass is 16.7. The molecule has 3 aliphatic heterocycles. The molecule has 322 valence electrons. The molecule has 0 bridgehead atoms. The number of rotatable bonds is 12. The second-order valence-electron chi connectivity index (χ2n) is 16.7. The summed E-state index contributed by atoms with van der Waals surface area (Å²) >= 11 is 0. The van der Waals surface area contributed by atoms with E-state index in [0.29, 0.717) is 31.2 Å². The third kappa shape index (κ3) is 9.47. The van der Waals surface area contributed by atoms with E-state index in [1.165, 1.54) is 0 Å². The van der Waals surface area contributed by atoms with Crippen molar-refractivity contribution in [2.24, 2.45) is 5.92 Å². The minimum absolute atomic E-state index is 0.0192. The van der Waals surface area contributed by atoms with Gasteiger partial charge in [0.05, 0.1) is 25.5 Å². The molecular weight excluding hydrogens is 791 g/mol. The zero-order valence-corrected chi connectivity index (χ0v) is 35.4. The van der Waals surface area contributed by atoms with Crippen LogP contribution in [0.4, 0.5) is 16.2 Å². The van der Waals surface area contributed by atoms with Gasteiger partial charge in [0.1, 0.15) is 17.0 Å². The quantitative estimate of drug-likeness (QED) is 0.0962. The molecule has 0 radical (unpaired) electrons. The van der Waals surface area contributed by atoms with Crippen LogP contribution in [0.1, 0.15) is 54.4 Å². The van der Waals surface area contributed by atoms with Crippen LogP contribution in [0.5, 0.6) is 11.5 Å². The number of aliphatic hydroxyl groups excluding tert-OH is 1. The number of urea groups is 1. The number of carbonyl (C=O) groups excluding carboxylic acids is 2. The fraction of sp³-hybridized carbons (Fsp3) is 0.269. The number of para-hydroxylation sites is 2. The molecule has 3 saturated heterocycles. The number of ether oxygens (including phenoxy) is 3. The molecule has 4 N–H and O–H groups in total. The van der Waals surface area contributed by atoms with Gasteiger partial charge in [0.25, 0.3) is 0 Å². The van der Waals surface area contributed by atoms with Crippen molar-refractivity contribution in [2.75, 3.05) is 36.5 Å². The van der Waals surface area contributed by atoms with Gasteiger partial charge in [-0.05, 0) is 95.3 Å². The van der Waals surface area contributed by atoms with Crippen LogP contribution in [0.3, 0.4) is 0 Å². The van der Waals surface area contributed by atoms with E-state index in [4.69, 9.17) is 14.2 Å². The molecule has 6 aromatic rings. The highest BCUT2D eigenvalue weighted by Crippen LogP contribution is 2.43. The average Bonchev–Trinajstić information content (AvgIpc) is 3.65. The summed E-state index contributed by atoms with van der Waals surface area (Å²) in [4.78, 5) is 30.9. The van der Waals surface area contributed by atoms with Gasteiger partial charge in [0.2, 0.25) is 5.91 Å². The lowest BCUT2D eigenvalue weighted by atomic mass is 9.84. The van der Waals surface area contributed by atoms with Gasteiger partial charge in [0, 0.05) is 49.0 Å². The van der Waals surface area contributed by atoms with Crippen LogP contribution in [-0.2, 0) is 27.4 Å².